The van der Waals surface area contributed by atoms with E-state index in [1.807, 2.05) is 49.4 Å². The van der Waals surface area contributed by atoms with Gasteiger partial charge in [-0.2, -0.15) is 0 Å². The van der Waals surface area contributed by atoms with Crippen LogP contribution in [-0.4, -0.2) is 53.6 Å². The van der Waals surface area contributed by atoms with E-state index in [0.717, 1.165) is 11.1 Å². The molecule has 2 aromatic rings. The zero-order valence-corrected chi connectivity index (χ0v) is 20.9. The third-order valence-corrected chi connectivity index (χ3v) is 5.88. The van der Waals surface area contributed by atoms with Crippen molar-refractivity contribution in [2.24, 2.45) is 0 Å². The Kier molecular flexibility index (Phi) is 10.1. The fourth-order valence-electron chi connectivity index (χ4n) is 3.84. The van der Waals surface area contributed by atoms with Gasteiger partial charge < -0.3 is 16.0 Å². The molecular formula is C28H32N4O5. The first kappa shape index (κ1) is 27.3. The fraction of sp³-hybridized carbons (Fsp3) is 0.321. The molecule has 9 nitrogen and oxygen atoms in total. The molecule has 3 rings (SSSR count). The molecule has 3 N–H and O–H groups in total. The minimum Gasteiger partial charge on any atom is -0.345 e. The Morgan fingerprint density at radius 3 is 2.19 bits per heavy atom. The average molecular weight is 505 g/mol. The predicted molar refractivity (Wildman–Crippen MR) is 139 cm³/mol. The van der Waals surface area contributed by atoms with Gasteiger partial charge in [0, 0.05) is 37.2 Å². The van der Waals surface area contributed by atoms with Gasteiger partial charge in [-0.25, -0.2) is 0 Å². The number of amides is 5. The molecule has 0 saturated heterocycles. The number of hydrogen-bond donors (Lipinski definition) is 3. The quantitative estimate of drug-likeness (QED) is 0.285. The van der Waals surface area contributed by atoms with Crippen LogP contribution in [0.1, 0.15) is 36.8 Å². The topological polar surface area (TPSA) is 125 Å². The van der Waals surface area contributed by atoms with Gasteiger partial charge in [-0.3, -0.25) is 28.9 Å². The lowest BCUT2D eigenvalue weighted by atomic mass is 10.0. The van der Waals surface area contributed by atoms with Gasteiger partial charge in [-0.15, -0.1) is 0 Å². The van der Waals surface area contributed by atoms with Gasteiger partial charge in [0.1, 0.15) is 6.04 Å². The molecule has 0 aliphatic carbocycles. The maximum atomic E-state index is 12.9. The molecule has 0 saturated carbocycles. The van der Waals surface area contributed by atoms with Crippen LogP contribution in [0.3, 0.4) is 0 Å². The molecular weight excluding hydrogens is 472 g/mol. The Morgan fingerprint density at radius 1 is 0.838 bits per heavy atom. The van der Waals surface area contributed by atoms with Crippen LogP contribution in [0, 0.1) is 6.92 Å². The lowest BCUT2D eigenvalue weighted by Crippen LogP contribution is -2.49. The van der Waals surface area contributed by atoms with E-state index < -0.39 is 11.9 Å². The Labute approximate surface area is 216 Å². The maximum absolute atomic E-state index is 12.9. The predicted octanol–water partition coefficient (Wildman–Crippen LogP) is 2.26. The molecule has 5 amide bonds. The lowest BCUT2D eigenvalue weighted by molar-refractivity contribution is -0.137. The molecule has 1 aliphatic rings. The molecule has 0 radical (unpaired) electrons. The summed E-state index contributed by atoms with van der Waals surface area (Å²) in [5.41, 5.74) is 2.58. The summed E-state index contributed by atoms with van der Waals surface area (Å²) in [7, 11) is 0. The second-order valence-corrected chi connectivity index (χ2v) is 8.91. The van der Waals surface area contributed by atoms with Crippen molar-refractivity contribution in [2.75, 3.05) is 18.4 Å². The number of nitrogens with one attached hydrogen (secondary N) is 3. The SMILES string of the molecule is Cc1ccc(NC(=O)CNC(=O)[C@H](Cc2ccccc2)NC(=O)CCCCCN2C(=O)C=CC2=O)cc1. The van der Waals surface area contributed by atoms with E-state index in [1.54, 1.807) is 12.1 Å². The Bertz CT molecular complexity index is 1130. The van der Waals surface area contributed by atoms with E-state index in [0.29, 0.717) is 31.5 Å². The number of carbonyl (C=O) groups is 5. The van der Waals surface area contributed by atoms with E-state index in [1.165, 1.54) is 17.1 Å². The van der Waals surface area contributed by atoms with Gasteiger partial charge in [0.25, 0.3) is 11.8 Å². The van der Waals surface area contributed by atoms with Crippen molar-refractivity contribution in [1.29, 1.82) is 0 Å². The van der Waals surface area contributed by atoms with Crippen LogP contribution in [0.2, 0.25) is 0 Å². The van der Waals surface area contributed by atoms with Gasteiger partial charge in [0.05, 0.1) is 6.54 Å². The zero-order valence-electron chi connectivity index (χ0n) is 20.9. The van der Waals surface area contributed by atoms with Gasteiger partial charge in [0.2, 0.25) is 17.7 Å². The highest BCUT2D eigenvalue weighted by atomic mass is 16.2. The molecule has 1 atom stereocenters. The van der Waals surface area contributed by atoms with Crippen LogP contribution in [0.5, 0.6) is 0 Å². The molecule has 1 heterocycles. The highest BCUT2D eigenvalue weighted by Gasteiger charge is 2.23. The van der Waals surface area contributed by atoms with Crippen molar-refractivity contribution in [3.63, 3.8) is 0 Å². The van der Waals surface area contributed by atoms with Gasteiger partial charge in [-0.1, -0.05) is 54.4 Å². The van der Waals surface area contributed by atoms with Crippen molar-refractivity contribution >= 4 is 35.2 Å². The van der Waals surface area contributed by atoms with Crippen LogP contribution < -0.4 is 16.0 Å². The van der Waals surface area contributed by atoms with Crippen LogP contribution in [-0.2, 0) is 30.4 Å². The van der Waals surface area contributed by atoms with Crippen molar-refractivity contribution in [3.8, 4) is 0 Å². The Hall–Kier alpha value is -4.27. The first-order valence-electron chi connectivity index (χ1n) is 12.3. The zero-order chi connectivity index (χ0) is 26.6. The highest BCUT2D eigenvalue weighted by molar-refractivity contribution is 6.12. The Balaban J connectivity index is 1.46. The number of aryl methyl sites for hydroxylation is 1. The summed E-state index contributed by atoms with van der Waals surface area (Å²) in [6, 6.07) is 15.8. The molecule has 0 bridgehead atoms. The summed E-state index contributed by atoms with van der Waals surface area (Å²) in [6.07, 6.45) is 4.78. The lowest BCUT2D eigenvalue weighted by Gasteiger charge is -2.19. The van der Waals surface area contributed by atoms with E-state index in [4.69, 9.17) is 0 Å². The summed E-state index contributed by atoms with van der Waals surface area (Å²) in [5, 5.41) is 8.12. The maximum Gasteiger partial charge on any atom is 0.253 e. The highest BCUT2D eigenvalue weighted by Crippen LogP contribution is 2.10. The second-order valence-electron chi connectivity index (χ2n) is 8.91. The van der Waals surface area contributed by atoms with Crippen molar-refractivity contribution in [2.45, 2.75) is 45.1 Å². The van der Waals surface area contributed by atoms with E-state index in [-0.39, 0.29) is 43.0 Å². The monoisotopic (exact) mass is 504 g/mol. The second kappa shape index (κ2) is 13.7. The smallest absolute Gasteiger partial charge is 0.253 e. The van der Waals surface area contributed by atoms with Gasteiger partial charge in [0.15, 0.2) is 0 Å². The summed E-state index contributed by atoms with van der Waals surface area (Å²) in [5.74, 6) is -1.73. The number of nitrogens with zero attached hydrogens (tertiary/aromatic N) is 1. The Morgan fingerprint density at radius 2 is 1.51 bits per heavy atom. The minimum absolute atomic E-state index is 0.201. The molecule has 1 aliphatic heterocycles. The van der Waals surface area contributed by atoms with Crippen LogP contribution in [0.15, 0.2) is 66.7 Å². The van der Waals surface area contributed by atoms with Crippen LogP contribution in [0.4, 0.5) is 5.69 Å². The third kappa shape index (κ3) is 9.03. The van der Waals surface area contributed by atoms with Crippen molar-refractivity contribution in [3.05, 3.63) is 77.9 Å². The molecule has 0 spiro atoms. The number of unbranched alkanes of at least 4 members (excludes halogenated alkanes) is 2. The first-order valence-corrected chi connectivity index (χ1v) is 12.3. The van der Waals surface area contributed by atoms with Gasteiger partial charge in [-0.05, 0) is 37.5 Å². The van der Waals surface area contributed by atoms with E-state index in [2.05, 4.69) is 16.0 Å². The van der Waals surface area contributed by atoms with Crippen LogP contribution in [0.25, 0.3) is 0 Å². The number of benzene rings is 2. The summed E-state index contributed by atoms with van der Waals surface area (Å²) >= 11 is 0. The van der Waals surface area contributed by atoms with Gasteiger partial charge >= 0.3 is 0 Å². The number of imide groups is 1. The van der Waals surface area contributed by atoms with E-state index >= 15 is 0 Å². The number of hydrogen-bond acceptors (Lipinski definition) is 5. The molecule has 0 fully saturated rings. The molecule has 0 unspecified atom stereocenters. The number of rotatable bonds is 13. The van der Waals surface area contributed by atoms with Crippen molar-refractivity contribution in [1.82, 2.24) is 15.5 Å². The van der Waals surface area contributed by atoms with E-state index in [9.17, 15) is 24.0 Å². The normalized spacial score (nSPS) is 13.4. The molecule has 0 aromatic heterocycles. The summed E-state index contributed by atoms with van der Waals surface area (Å²) < 4.78 is 0. The summed E-state index contributed by atoms with van der Waals surface area (Å²) in [6.45, 7) is 2.04. The fourth-order valence-corrected chi connectivity index (χ4v) is 3.84. The first-order chi connectivity index (χ1) is 17.8. The third-order valence-electron chi connectivity index (χ3n) is 5.88. The standard InChI is InChI=1S/C28H32N4O5/c1-20-11-13-22(14-12-20)30-25(34)19-29-28(37)23(18-21-8-4-2-5-9-21)31-24(33)10-6-3-7-17-32-26(35)15-16-27(32)36/h2,4-5,8-9,11-16,23H,3,6-7,10,17-19H2,1H3,(H,29,37)(H,30,34)(H,31,33)/t23-/m0/s1. The molecule has 9 heteroatoms. The largest absolute Gasteiger partial charge is 0.345 e. The number of carbonyl (C=O) groups excluding carboxylic acids is 5. The minimum atomic E-state index is -0.840. The number of anilines is 1. The molecule has 2 aromatic carbocycles. The van der Waals surface area contributed by atoms with Crippen LogP contribution >= 0.6 is 0 Å². The molecule has 194 valence electrons. The average Bonchev–Trinajstić information content (AvgIpc) is 3.21. The molecule has 37 heavy (non-hydrogen) atoms. The van der Waals surface area contributed by atoms with Crippen molar-refractivity contribution < 1.29 is 24.0 Å². The summed E-state index contributed by atoms with van der Waals surface area (Å²) in [4.78, 5) is 62.1.